The molecule has 5 nitrogen and oxygen atoms in total. The lowest BCUT2D eigenvalue weighted by atomic mass is 9.92. The highest BCUT2D eigenvalue weighted by atomic mass is 16.5. The molecule has 2 heterocycles. The average molecular weight is 325 g/mol. The molecule has 0 bridgehead atoms. The van der Waals surface area contributed by atoms with E-state index in [2.05, 4.69) is 22.4 Å². The second-order valence-electron chi connectivity index (χ2n) is 5.95. The molecule has 1 aliphatic rings. The number of urea groups is 1. The van der Waals surface area contributed by atoms with Gasteiger partial charge in [-0.15, -0.1) is 0 Å². The number of hydrogen-bond donors (Lipinski definition) is 1. The van der Waals surface area contributed by atoms with Crippen LogP contribution in [0.3, 0.4) is 0 Å². The number of hydrogen-bond acceptors (Lipinski definition) is 3. The van der Waals surface area contributed by atoms with Crippen molar-refractivity contribution < 1.29 is 9.53 Å². The molecule has 2 amide bonds. The molecule has 1 aromatic heterocycles. The number of ether oxygens (including phenoxy) is 1. The summed E-state index contributed by atoms with van der Waals surface area (Å²) in [5.41, 5.74) is 2.45. The molecule has 1 aromatic carbocycles. The lowest BCUT2D eigenvalue weighted by molar-refractivity contribution is 0.0531. The minimum atomic E-state index is -0.00559. The number of morpholine rings is 1. The Morgan fingerprint density at radius 1 is 1.12 bits per heavy atom. The number of aromatic nitrogens is 1. The van der Waals surface area contributed by atoms with E-state index < -0.39 is 0 Å². The third-order valence-electron chi connectivity index (χ3n) is 4.30. The summed E-state index contributed by atoms with van der Waals surface area (Å²) in [5, 5.41) is 3.09. The number of carbonyl (C=O) groups is 1. The minimum Gasteiger partial charge on any atom is -0.378 e. The molecule has 1 fully saturated rings. The molecule has 2 aromatic rings. The summed E-state index contributed by atoms with van der Waals surface area (Å²) in [6.45, 7) is 3.17. The summed E-state index contributed by atoms with van der Waals surface area (Å²) in [6, 6.07) is 14.4. The van der Waals surface area contributed by atoms with Gasteiger partial charge in [-0.3, -0.25) is 4.98 Å². The highest BCUT2D eigenvalue weighted by Gasteiger charge is 2.19. The topological polar surface area (TPSA) is 54.5 Å². The van der Waals surface area contributed by atoms with Gasteiger partial charge in [-0.25, -0.2) is 4.79 Å². The summed E-state index contributed by atoms with van der Waals surface area (Å²) < 4.78 is 5.30. The SMILES string of the molecule is O=C(NCC(Cc1ccncc1)c1ccccc1)N1CCOCC1. The monoisotopic (exact) mass is 325 g/mol. The normalized spacial score (nSPS) is 15.8. The molecular weight excluding hydrogens is 302 g/mol. The molecule has 1 unspecified atom stereocenters. The van der Waals surface area contributed by atoms with Crippen LogP contribution in [0.15, 0.2) is 54.9 Å². The van der Waals surface area contributed by atoms with Gasteiger partial charge < -0.3 is 15.0 Å². The Balaban J connectivity index is 1.64. The van der Waals surface area contributed by atoms with E-state index in [1.165, 1.54) is 11.1 Å². The van der Waals surface area contributed by atoms with Crippen LogP contribution < -0.4 is 5.32 Å². The van der Waals surface area contributed by atoms with Crippen molar-refractivity contribution in [2.75, 3.05) is 32.8 Å². The molecule has 1 atom stereocenters. The lowest BCUT2D eigenvalue weighted by Crippen LogP contribution is -2.47. The molecule has 0 radical (unpaired) electrons. The van der Waals surface area contributed by atoms with E-state index in [0.29, 0.717) is 32.8 Å². The zero-order valence-corrected chi connectivity index (χ0v) is 13.7. The number of carbonyl (C=O) groups excluding carboxylic acids is 1. The highest BCUT2D eigenvalue weighted by molar-refractivity contribution is 5.74. The van der Waals surface area contributed by atoms with Crippen molar-refractivity contribution >= 4 is 6.03 Å². The van der Waals surface area contributed by atoms with Crippen LogP contribution in [0.5, 0.6) is 0 Å². The fraction of sp³-hybridized carbons (Fsp3) is 0.368. The van der Waals surface area contributed by atoms with Crippen LogP contribution in [0.1, 0.15) is 17.0 Å². The molecule has 3 rings (SSSR count). The summed E-state index contributed by atoms with van der Waals surface area (Å²) in [4.78, 5) is 18.2. The third kappa shape index (κ3) is 4.55. The van der Waals surface area contributed by atoms with Gasteiger partial charge in [0, 0.05) is 37.9 Å². The zero-order valence-electron chi connectivity index (χ0n) is 13.7. The highest BCUT2D eigenvalue weighted by Crippen LogP contribution is 2.20. The second kappa shape index (κ2) is 8.45. The number of nitrogens with zero attached hydrogens (tertiary/aromatic N) is 2. The fourth-order valence-corrected chi connectivity index (χ4v) is 2.93. The first kappa shape index (κ1) is 16.5. The first-order valence-electron chi connectivity index (χ1n) is 8.37. The molecule has 1 saturated heterocycles. The predicted molar refractivity (Wildman–Crippen MR) is 92.9 cm³/mol. The number of nitrogens with one attached hydrogen (secondary N) is 1. The quantitative estimate of drug-likeness (QED) is 0.919. The van der Waals surface area contributed by atoms with Gasteiger partial charge in [0.1, 0.15) is 0 Å². The van der Waals surface area contributed by atoms with Crippen LogP contribution in [0.2, 0.25) is 0 Å². The maximum atomic E-state index is 12.3. The first-order valence-corrected chi connectivity index (χ1v) is 8.37. The molecule has 0 saturated carbocycles. The predicted octanol–water partition coefficient (Wildman–Crippen LogP) is 2.45. The largest absolute Gasteiger partial charge is 0.378 e. The van der Waals surface area contributed by atoms with Crippen LogP contribution >= 0.6 is 0 Å². The number of pyridine rings is 1. The van der Waals surface area contributed by atoms with Gasteiger partial charge in [-0.1, -0.05) is 30.3 Å². The van der Waals surface area contributed by atoms with E-state index in [4.69, 9.17) is 4.74 Å². The number of rotatable bonds is 5. The van der Waals surface area contributed by atoms with Gasteiger partial charge in [0.25, 0.3) is 0 Å². The van der Waals surface area contributed by atoms with E-state index in [1.807, 2.05) is 47.6 Å². The van der Waals surface area contributed by atoms with Crippen molar-refractivity contribution in [2.24, 2.45) is 0 Å². The summed E-state index contributed by atoms with van der Waals surface area (Å²) in [5.74, 6) is 0.235. The van der Waals surface area contributed by atoms with Gasteiger partial charge >= 0.3 is 6.03 Å². The van der Waals surface area contributed by atoms with Gasteiger partial charge in [0.05, 0.1) is 13.2 Å². The van der Waals surface area contributed by atoms with E-state index in [0.717, 1.165) is 6.42 Å². The van der Waals surface area contributed by atoms with Crippen molar-refractivity contribution in [3.8, 4) is 0 Å². The van der Waals surface area contributed by atoms with E-state index >= 15 is 0 Å². The average Bonchev–Trinajstić information content (AvgIpc) is 2.67. The molecule has 24 heavy (non-hydrogen) atoms. The Hall–Kier alpha value is -2.40. The molecule has 1 N–H and O–H groups in total. The maximum Gasteiger partial charge on any atom is 0.317 e. The van der Waals surface area contributed by atoms with E-state index in [9.17, 15) is 4.79 Å². The van der Waals surface area contributed by atoms with E-state index in [-0.39, 0.29) is 11.9 Å². The van der Waals surface area contributed by atoms with Crippen molar-refractivity contribution in [1.29, 1.82) is 0 Å². The van der Waals surface area contributed by atoms with Crippen molar-refractivity contribution in [3.05, 3.63) is 66.0 Å². The van der Waals surface area contributed by atoms with Gasteiger partial charge in [0.15, 0.2) is 0 Å². The first-order chi connectivity index (χ1) is 11.8. The van der Waals surface area contributed by atoms with Crippen LogP contribution in [-0.2, 0) is 11.2 Å². The maximum absolute atomic E-state index is 12.3. The Labute approximate surface area is 142 Å². The molecule has 5 heteroatoms. The Kier molecular flexibility index (Phi) is 5.80. The summed E-state index contributed by atoms with van der Waals surface area (Å²) in [7, 11) is 0. The van der Waals surface area contributed by atoms with Crippen LogP contribution in [0.4, 0.5) is 4.79 Å². The number of amides is 2. The number of benzene rings is 1. The van der Waals surface area contributed by atoms with Gasteiger partial charge in [-0.05, 0) is 29.7 Å². The smallest absolute Gasteiger partial charge is 0.317 e. The molecular formula is C19H23N3O2. The minimum absolute atomic E-state index is 0.00559. The van der Waals surface area contributed by atoms with Crippen molar-refractivity contribution in [3.63, 3.8) is 0 Å². The standard InChI is InChI=1S/C19H23N3O2/c23-19(22-10-12-24-13-11-22)21-15-18(17-4-2-1-3-5-17)14-16-6-8-20-9-7-16/h1-9,18H,10-15H2,(H,21,23). The van der Waals surface area contributed by atoms with Crippen LogP contribution in [0.25, 0.3) is 0 Å². The lowest BCUT2D eigenvalue weighted by Gasteiger charge is -2.28. The summed E-state index contributed by atoms with van der Waals surface area (Å²) >= 11 is 0. The van der Waals surface area contributed by atoms with Gasteiger partial charge in [-0.2, -0.15) is 0 Å². The van der Waals surface area contributed by atoms with Crippen LogP contribution in [-0.4, -0.2) is 48.8 Å². The molecule has 126 valence electrons. The third-order valence-corrected chi connectivity index (χ3v) is 4.30. The fourth-order valence-electron chi connectivity index (χ4n) is 2.93. The Morgan fingerprint density at radius 3 is 2.54 bits per heavy atom. The van der Waals surface area contributed by atoms with Crippen molar-refractivity contribution in [2.45, 2.75) is 12.3 Å². The molecule has 0 spiro atoms. The Bertz CT molecular complexity index is 628. The summed E-state index contributed by atoms with van der Waals surface area (Å²) in [6.07, 6.45) is 4.49. The van der Waals surface area contributed by atoms with Gasteiger partial charge in [0.2, 0.25) is 0 Å². The molecule has 1 aliphatic heterocycles. The zero-order chi connectivity index (χ0) is 16.6. The second-order valence-corrected chi connectivity index (χ2v) is 5.95. The van der Waals surface area contributed by atoms with E-state index in [1.54, 1.807) is 0 Å². The molecule has 0 aliphatic carbocycles. The van der Waals surface area contributed by atoms with Crippen molar-refractivity contribution in [1.82, 2.24) is 15.2 Å². The van der Waals surface area contributed by atoms with Crippen LogP contribution in [0, 0.1) is 0 Å². The Morgan fingerprint density at radius 2 is 1.83 bits per heavy atom.